The molecule has 3 heterocycles. The molecule has 3 N–H and O–H groups in total. The van der Waals surface area contributed by atoms with Crippen LogP contribution in [0.4, 0.5) is 10.5 Å². The van der Waals surface area contributed by atoms with Crippen molar-refractivity contribution in [3.8, 4) is 0 Å². The molecule has 0 unspecified atom stereocenters. The van der Waals surface area contributed by atoms with Gasteiger partial charge in [0.25, 0.3) is 5.56 Å². The monoisotopic (exact) mass is 535 g/mol. The molecule has 3 aromatic heterocycles. The van der Waals surface area contributed by atoms with Crippen LogP contribution < -0.4 is 16.2 Å². The first-order valence-electron chi connectivity index (χ1n) is 12.3. The Morgan fingerprint density at radius 1 is 1.23 bits per heavy atom. The molecule has 0 bridgehead atoms. The smallest absolute Gasteiger partial charge is 0.407 e. The number of amides is 3. The van der Waals surface area contributed by atoms with Crippen LogP contribution in [0.2, 0.25) is 0 Å². The van der Waals surface area contributed by atoms with E-state index >= 15 is 0 Å². The van der Waals surface area contributed by atoms with Crippen LogP contribution in [0.25, 0.3) is 17.1 Å². The summed E-state index contributed by atoms with van der Waals surface area (Å²) in [6, 6.07) is 3.93. The first-order valence-corrected chi connectivity index (χ1v) is 12.3. The number of nitrogens with one attached hydrogen (secondary N) is 3. The predicted octanol–water partition coefficient (Wildman–Crippen LogP) is 2.68. The molecule has 39 heavy (non-hydrogen) atoms. The summed E-state index contributed by atoms with van der Waals surface area (Å²) in [6.45, 7) is 4.09. The van der Waals surface area contributed by atoms with Crippen molar-refractivity contribution >= 4 is 40.7 Å². The third kappa shape index (κ3) is 7.87. The van der Waals surface area contributed by atoms with Crippen molar-refractivity contribution in [3.63, 3.8) is 0 Å². The summed E-state index contributed by atoms with van der Waals surface area (Å²) in [5.74, 6) is -0.240. The number of anilines is 1. The number of carbonyl (C=O) groups is 3. The van der Waals surface area contributed by atoms with Crippen molar-refractivity contribution in [2.24, 2.45) is 0 Å². The lowest BCUT2D eigenvalue weighted by Gasteiger charge is -2.17. The average Bonchev–Trinajstić information content (AvgIpc) is 3.31. The summed E-state index contributed by atoms with van der Waals surface area (Å²) in [5.41, 5.74) is 2.90. The minimum atomic E-state index is -0.999. The maximum atomic E-state index is 13.2. The molecule has 0 aromatic carbocycles. The number of rotatable bonds is 10. The van der Waals surface area contributed by atoms with Gasteiger partial charge < -0.3 is 29.8 Å². The number of allylic oxidation sites excluding steroid dienone is 2. The minimum absolute atomic E-state index is 0.0421. The molecule has 0 saturated carbocycles. The zero-order chi connectivity index (χ0) is 28.5. The summed E-state index contributed by atoms with van der Waals surface area (Å²) in [7, 11) is 4.44. The molecule has 12 heteroatoms. The highest BCUT2D eigenvalue weighted by Gasteiger charge is 2.22. The highest BCUT2D eigenvalue weighted by Crippen LogP contribution is 2.17. The lowest BCUT2D eigenvalue weighted by Crippen LogP contribution is -2.44. The molecule has 3 aromatic rings. The van der Waals surface area contributed by atoms with Crippen LogP contribution in [0, 0.1) is 0 Å². The number of methoxy groups -OCH3 is 1. The highest BCUT2D eigenvalue weighted by molar-refractivity contribution is 5.96. The third-order valence-corrected chi connectivity index (χ3v) is 5.62. The average molecular weight is 536 g/mol. The molecule has 1 atom stereocenters. The Labute approximate surface area is 225 Å². The van der Waals surface area contributed by atoms with Gasteiger partial charge in [0.1, 0.15) is 23.1 Å². The first kappa shape index (κ1) is 28.8. The zero-order valence-electron chi connectivity index (χ0n) is 22.6. The van der Waals surface area contributed by atoms with Crippen LogP contribution in [0.5, 0.6) is 0 Å². The molecular weight excluding hydrogens is 502 g/mol. The second-order valence-electron chi connectivity index (χ2n) is 9.24. The number of ether oxygens (including phenoxy) is 1. The number of imidazole rings is 1. The van der Waals surface area contributed by atoms with Crippen LogP contribution in [0.1, 0.15) is 38.2 Å². The van der Waals surface area contributed by atoms with Crippen molar-refractivity contribution in [3.05, 3.63) is 70.2 Å². The van der Waals surface area contributed by atoms with Gasteiger partial charge in [-0.3, -0.25) is 19.4 Å². The molecule has 0 aliphatic heterocycles. The predicted molar refractivity (Wildman–Crippen MR) is 148 cm³/mol. The fourth-order valence-corrected chi connectivity index (χ4v) is 3.66. The van der Waals surface area contributed by atoms with Gasteiger partial charge in [-0.1, -0.05) is 11.6 Å². The molecule has 0 radical (unpaired) electrons. The first-order chi connectivity index (χ1) is 18.6. The molecular formula is C27H33N7O5. The van der Waals surface area contributed by atoms with Gasteiger partial charge in [0, 0.05) is 26.5 Å². The number of pyridine rings is 2. The van der Waals surface area contributed by atoms with Crippen molar-refractivity contribution in [1.29, 1.82) is 0 Å². The van der Waals surface area contributed by atoms with Gasteiger partial charge in [0.05, 0.1) is 24.9 Å². The van der Waals surface area contributed by atoms with E-state index in [1.54, 1.807) is 38.6 Å². The number of hydrogen-bond acceptors (Lipinski definition) is 7. The van der Waals surface area contributed by atoms with Crippen LogP contribution in [0.15, 0.2) is 53.1 Å². The van der Waals surface area contributed by atoms with Gasteiger partial charge in [-0.05, 0) is 57.0 Å². The molecule has 0 aliphatic carbocycles. The van der Waals surface area contributed by atoms with E-state index < -0.39 is 23.6 Å². The quantitative estimate of drug-likeness (QED) is 0.338. The van der Waals surface area contributed by atoms with Crippen molar-refractivity contribution in [2.75, 3.05) is 26.5 Å². The van der Waals surface area contributed by atoms with E-state index in [-0.39, 0.29) is 24.6 Å². The van der Waals surface area contributed by atoms with Gasteiger partial charge in [-0.25, -0.2) is 9.78 Å². The van der Waals surface area contributed by atoms with Gasteiger partial charge >= 0.3 is 6.09 Å². The minimum Gasteiger partial charge on any atom is -0.453 e. The van der Waals surface area contributed by atoms with Crippen LogP contribution >= 0.6 is 0 Å². The molecule has 206 valence electrons. The number of H-pyrrole nitrogens is 1. The third-order valence-electron chi connectivity index (χ3n) is 5.62. The number of alkyl carbamates (subject to hydrolysis) is 1. The number of fused-ring (bicyclic) bond motifs is 1. The lowest BCUT2D eigenvalue weighted by atomic mass is 10.1. The largest absolute Gasteiger partial charge is 0.453 e. The second-order valence-corrected chi connectivity index (χ2v) is 9.24. The van der Waals surface area contributed by atoms with Crippen LogP contribution in [0.3, 0.4) is 0 Å². The van der Waals surface area contributed by atoms with E-state index in [2.05, 4.69) is 30.3 Å². The van der Waals surface area contributed by atoms with E-state index in [9.17, 15) is 19.2 Å². The van der Waals surface area contributed by atoms with Crippen LogP contribution in [-0.2, 0) is 20.9 Å². The molecule has 12 nitrogen and oxygen atoms in total. The van der Waals surface area contributed by atoms with Gasteiger partial charge in [0.15, 0.2) is 0 Å². The van der Waals surface area contributed by atoms with Crippen molar-refractivity contribution < 1.29 is 19.1 Å². The van der Waals surface area contributed by atoms with Crippen LogP contribution in [-0.4, -0.2) is 69.6 Å². The van der Waals surface area contributed by atoms with Gasteiger partial charge in [-0.2, -0.15) is 0 Å². The second kappa shape index (κ2) is 13.2. The fraction of sp³-hybridized carbons (Fsp3) is 0.333. The Hall–Kier alpha value is -4.74. The molecule has 0 aliphatic rings. The maximum absolute atomic E-state index is 13.2. The van der Waals surface area contributed by atoms with Crippen molar-refractivity contribution in [2.45, 2.75) is 39.3 Å². The lowest BCUT2D eigenvalue weighted by molar-refractivity contribution is -0.123. The number of hydrogen-bond donors (Lipinski definition) is 3. The molecule has 0 saturated heterocycles. The number of aromatic amines is 1. The van der Waals surface area contributed by atoms with E-state index in [4.69, 9.17) is 0 Å². The number of carbonyl (C=O) groups excluding carboxylic acids is 3. The van der Waals surface area contributed by atoms with E-state index in [0.29, 0.717) is 17.8 Å². The molecule has 3 amide bonds. The Morgan fingerprint density at radius 2 is 2.00 bits per heavy atom. The van der Waals surface area contributed by atoms with Gasteiger partial charge in [0.2, 0.25) is 11.8 Å². The van der Waals surface area contributed by atoms with E-state index in [1.807, 2.05) is 26.0 Å². The zero-order valence-corrected chi connectivity index (χ0v) is 22.6. The summed E-state index contributed by atoms with van der Waals surface area (Å²) >= 11 is 0. The number of aromatic nitrogens is 4. The Kier molecular flexibility index (Phi) is 9.74. The Balaban J connectivity index is 1.77. The normalized spacial score (nSPS) is 11.7. The SMILES string of the molecule is COC(=O)N[C@@H](CC/C=C/C(=O)N(C)C)C(=O)Nc1cccn(Cc2nc3c(C=C(C)C)nccc3[nH]2)c1=O. The topological polar surface area (TPSA) is 151 Å². The summed E-state index contributed by atoms with van der Waals surface area (Å²) < 4.78 is 6.04. The van der Waals surface area contributed by atoms with Gasteiger partial charge in [-0.15, -0.1) is 0 Å². The summed E-state index contributed by atoms with van der Waals surface area (Å²) in [5, 5.41) is 5.07. The highest BCUT2D eigenvalue weighted by atomic mass is 16.5. The van der Waals surface area contributed by atoms with E-state index in [0.717, 1.165) is 16.8 Å². The standard InChI is InChI=1S/C27H33N7O5/c1-17(2)15-21-24-18(12-13-28-21)29-22(32-24)16-34-14-8-10-20(26(34)37)30-25(36)19(31-27(38)39-5)9-6-7-11-23(35)33(3)4/h7-8,10-15,19H,6,9,16H2,1-5H3,(H,29,32)(H,30,36)(H,31,38)/b11-7+/t19-/m0/s1. The summed E-state index contributed by atoms with van der Waals surface area (Å²) in [6.07, 6.45) is 7.94. The maximum Gasteiger partial charge on any atom is 0.407 e. The number of likely N-dealkylation sites (N-methyl/N-ethyl adjacent to an activating group) is 1. The molecule has 0 spiro atoms. The number of nitrogens with zero attached hydrogens (tertiary/aromatic N) is 4. The fourth-order valence-electron chi connectivity index (χ4n) is 3.66. The van der Waals surface area contributed by atoms with E-state index in [1.165, 1.54) is 28.7 Å². The Bertz CT molecular complexity index is 1460. The van der Waals surface area contributed by atoms with Crippen molar-refractivity contribution in [1.82, 2.24) is 29.7 Å². The summed E-state index contributed by atoms with van der Waals surface area (Å²) in [4.78, 5) is 63.3. The molecule has 3 rings (SSSR count). The Morgan fingerprint density at radius 3 is 2.69 bits per heavy atom. The molecule has 0 fully saturated rings.